The number of nitrogens with zero attached hydrogens (tertiary/aromatic N) is 2. The molecular weight excluding hydrogens is 869 g/mol. The van der Waals surface area contributed by atoms with Gasteiger partial charge in [0.05, 0.1) is 11.4 Å². The molecule has 10 nitrogen and oxygen atoms in total. The van der Waals surface area contributed by atoms with Gasteiger partial charge in [-0.2, -0.15) is 10.2 Å². The lowest BCUT2D eigenvalue weighted by Crippen LogP contribution is -2.49. The minimum absolute atomic E-state index is 0.0697. The molecule has 2 aromatic rings. The molecule has 0 saturated heterocycles. The molecule has 0 aliphatic rings. The zero-order valence-corrected chi connectivity index (χ0v) is 45.5. The van der Waals surface area contributed by atoms with Crippen LogP contribution in [-0.4, -0.2) is 48.8 Å². The minimum Gasteiger partial charge on any atom is -0.354 e. The van der Waals surface area contributed by atoms with Gasteiger partial charge in [-0.05, 0) is 73.2 Å². The number of rotatable bonds is 44. The molecule has 70 heavy (non-hydrogen) atoms. The lowest BCUT2D eigenvalue weighted by atomic mass is 10.0. The second-order valence-electron chi connectivity index (χ2n) is 20.9. The Morgan fingerprint density at radius 1 is 0.357 bits per heavy atom. The normalized spacial score (nSPS) is 12.4. The van der Waals surface area contributed by atoms with Crippen LogP contribution in [0, 0.1) is 11.8 Å². The van der Waals surface area contributed by atoms with Crippen molar-refractivity contribution in [1.82, 2.24) is 21.3 Å². The SMILES string of the molecule is CCCCCCCCCCCCCCCCCCNC(=O)[C@@H](NC(=O)c1ccc(N=Nc2ccc(C(=O)N[C@H](C(=O)NCCCCCCCCCCCCCCCCCC)C(C)C)cc2)cc1)C(C)C. The van der Waals surface area contributed by atoms with E-state index >= 15 is 0 Å². The molecule has 4 amide bonds. The van der Waals surface area contributed by atoms with Crippen molar-refractivity contribution in [2.45, 2.75) is 259 Å². The van der Waals surface area contributed by atoms with Crippen LogP contribution < -0.4 is 21.3 Å². The van der Waals surface area contributed by atoms with Gasteiger partial charge in [-0.1, -0.05) is 234 Å². The van der Waals surface area contributed by atoms with E-state index in [1.54, 1.807) is 48.5 Å². The number of nitrogens with one attached hydrogen (secondary N) is 4. The molecule has 10 heteroatoms. The predicted octanol–water partition coefficient (Wildman–Crippen LogP) is 16.4. The van der Waals surface area contributed by atoms with E-state index in [2.05, 4.69) is 45.3 Å². The highest BCUT2D eigenvalue weighted by atomic mass is 16.2. The smallest absolute Gasteiger partial charge is 0.251 e. The van der Waals surface area contributed by atoms with Crippen LogP contribution in [0.1, 0.15) is 268 Å². The number of hydrogen-bond donors (Lipinski definition) is 4. The molecule has 2 rings (SSSR count). The van der Waals surface area contributed by atoms with Gasteiger partial charge in [0.1, 0.15) is 12.1 Å². The van der Waals surface area contributed by atoms with Crippen LogP contribution in [0.2, 0.25) is 0 Å². The Balaban J connectivity index is 1.63. The Labute approximate surface area is 427 Å². The third-order valence-corrected chi connectivity index (χ3v) is 13.7. The third-order valence-electron chi connectivity index (χ3n) is 13.7. The van der Waals surface area contributed by atoms with Gasteiger partial charge >= 0.3 is 0 Å². The van der Waals surface area contributed by atoms with Crippen LogP contribution in [-0.2, 0) is 9.59 Å². The summed E-state index contributed by atoms with van der Waals surface area (Å²) in [6, 6.07) is 12.3. The van der Waals surface area contributed by atoms with E-state index in [0.29, 0.717) is 35.6 Å². The average molecular weight is 972 g/mol. The van der Waals surface area contributed by atoms with E-state index in [1.165, 1.54) is 180 Å². The molecule has 0 radical (unpaired) electrons. The summed E-state index contributed by atoms with van der Waals surface area (Å²) in [6.45, 7) is 13.5. The Kier molecular flexibility index (Phi) is 36.8. The standard InChI is InChI=1S/C60H102N6O4/c1-7-9-11-13-15-17-19-21-23-25-27-29-31-33-35-37-47-61-59(69)55(49(3)4)63-57(67)51-39-43-53(44-40-51)65-66-54-45-41-52(42-46-54)58(68)64-56(50(5)6)60(70)62-48-38-36-34-32-30-28-26-24-22-20-18-16-14-12-10-8-2/h39-46,49-50,55-56H,7-38,47-48H2,1-6H3,(H,61,69)(H,62,70)(H,63,67)(H,64,68)/t55-,56-/m0/s1. The quantitative estimate of drug-likeness (QED) is 0.0388. The zero-order chi connectivity index (χ0) is 50.9. The van der Waals surface area contributed by atoms with Gasteiger partial charge in [0.2, 0.25) is 11.8 Å². The minimum atomic E-state index is -0.634. The van der Waals surface area contributed by atoms with E-state index in [-0.39, 0.29) is 35.5 Å². The Morgan fingerprint density at radius 3 is 0.814 bits per heavy atom. The van der Waals surface area contributed by atoms with Crippen molar-refractivity contribution >= 4 is 35.0 Å². The number of carbonyl (C=O) groups is 4. The highest BCUT2D eigenvalue weighted by molar-refractivity contribution is 5.98. The van der Waals surface area contributed by atoms with Crippen molar-refractivity contribution < 1.29 is 19.2 Å². The Morgan fingerprint density at radius 2 is 0.586 bits per heavy atom. The number of carbonyl (C=O) groups excluding carboxylic acids is 4. The van der Waals surface area contributed by atoms with Crippen LogP contribution >= 0.6 is 0 Å². The third kappa shape index (κ3) is 30.6. The van der Waals surface area contributed by atoms with Gasteiger partial charge in [0, 0.05) is 24.2 Å². The first-order valence-corrected chi connectivity index (χ1v) is 28.9. The summed E-state index contributed by atoms with van der Waals surface area (Å²) >= 11 is 0. The predicted molar refractivity (Wildman–Crippen MR) is 294 cm³/mol. The van der Waals surface area contributed by atoms with Crippen LogP contribution in [0.4, 0.5) is 11.4 Å². The van der Waals surface area contributed by atoms with E-state index in [4.69, 9.17) is 0 Å². The van der Waals surface area contributed by atoms with E-state index in [0.717, 1.165) is 25.7 Å². The summed E-state index contributed by atoms with van der Waals surface area (Å²) in [7, 11) is 0. The van der Waals surface area contributed by atoms with Crippen molar-refractivity contribution in [3.63, 3.8) is 0 Å². The fourth-order valence-corrected chi connectivity index (χ4v) is 8.98. The van der Waals surface area contributed by atoms with Crippen LogP contribution in [0.15, 0.2) is 58.8 Å². The van der Waals surface area contributed by atoms with Crippen LogP contribution in [0.3, 0.4) is 0 Å². The molecule has 2 atom stereocenters. The molecule has 0 fully saturated rings. The molecule has 396 valence electrons. The largest absolute Gasteiger partial charge is 0.354 e. The van der Waals surface area contributed by atoms with Crippen molar-refractivity contribution in [3.8, 4) is 0 Å². The molecule has 0 saturated carbocycles. The molecule has 0 spiro atoms. The van der Waals surface area contributed by atoms with Crippen molar-refractivity contribution in [2.75, 3.05) is 13.1 Å². The molecule has 0 aromatic heterocycles. The summed E-state index contributed by atoms with van der Waals surface area (Å²) in [5.74, 6) is -1.08. The maximum Gasteiger partial charge on any atom is 0.251 e. The summed E-state index contributed by atoms with van der Waals surface area (Å²) < 4.78 is 0. The van der Waals surface area contributed by atoms with Crippen molar-refractivity contribution in [2.24, 2.45) is 22.1 Å². The highest BCUT2D eigenvalue weighted by Gasteiger charge is 2.25. The lowest BCUT2D eigenvalue weighted by molar-refractivity contribution is -0.124. The molecule has 0 aliphatic carbocycles. The summed E-state index contributed by atoms with van der Waals surface area (Å²) in [5, 5.41) is 20.6. The molecular formula is C60H102N6O4. The number of benzene rings is 2. The molecule has 0 heterocycles. The topological polar surface area (TPSA) is 141 Å². The Hall–Kier alpha value is -4.08. The van der Waals surface area contributed by atoms with Gasteiger partial charge in [0.25, 0.3) is 11.8 Å². The maximum absolute atomic E-state index is 13.2. The summed E-state index contributed by atoms with van der Waals surface area (Å²) in [6.07, 6.45) is 41.9. The zero-order valence-electron chi connectivity index (χ0n) is 45.5. The van der Waals surface area contributed by atoms with Crippen LogP contribution in [0.5, 0.6) is 0 Å². The Bertz CT molecular complexity index is 1540. The molecule has 0 bridgehead atoms. The van der Waals surface area contributed by atoms with Crippen LogP contribution in [0.25, 0.3) is 0 Å². The monoisotopic (exact) mass is 971 g/mol. The second kappa shape index (κ2) is 41.5. The van der Waals surface area contributed by atoms with Gasteiger partial charge in [-0.3, -0.25) is 19.2 Å². The number of amides is 4. The fourth-order valence-electron chi connectivity index (χ4n) is 8.98. The molecule has 0 unspecified atom stereocenters. The number of hydrogen-bond acceptors (Lipinski definition) is 6. The highest BCUT2D eigenvalue weighted by Crippen LogP contribution is 2.21. The first kappa shape index (κ1) is 62.0. The second-order valence-corrected chi connectivity index (χ2v) is 20.9. The van der Waals surface area contributed by atoms with E-state index in [1.807, 2.05) is 27.7 Å². The van der Waals surface area contributed by atoms with Gasteiger partial charge < -0.3 is 21.3 Å². The lowest BCUT2D eigenvalue weighted by Gasteiger charge is -2.22. The summed E-state index contributed by atoms with van der Waals surface area (Å²) in [5.41, 5.74) is 1.97. The molecule has 0 aliphatic heterocycles. The first-order valence-electron chi connectivity index (χ1n) is 28.9. The van der Waals surface area contributed by atoms with Gasteiger partial charge in [-0.25, -0.2) is 0 Å². The van der Waals surface area contributed by atoms with Crippen molar-refractivity contribution in [1.29, 1.82) is 0 Å². The average Bonchev–Trinajstić information content (AvgIpc) is 3.35. The molecule has 4 N–H and O–H groups in total. The number of azo groups is 1. The van der Waals surface area contributed by atoms with Gasteiger partial charge in [-0.15, -0.1) is 0 Å². The maximum atomic E-state index is 13.2. The van der Waals surface area contributed by atoms with E-state index in [9.17, 15) is 19.2 Å². The van der Waals surface area contributed by atoms with Gasteiger partial charge in [0.15, 0.2) is 0 Å². The summed E-state index contributed by atoms with van der Waals surface area (Å²) in [4.78, 5) is 52.5. The van der Waals surface area contributed by atoms with E-state index < -0.39 is 12.1 Å². The van der Waals surface area contributed by atoms with Crippen molar-refractivity contribution in [3.05, 3.63) is 59.7 Å². The number of unbranched alkanes of at least 4 members (excludes halogenated alkanes) is 30. The fraction of sp³-hybridized carbons (Fsp3) is 0.733. The molecule has 2 aromatic carbocycles. The first-order chi connectivity index (χ1) is 34.1.